The molecule has 0 aliphatic carbocycles. The molecule has 1 amide bonds. The number of ether oxygens (including phenoxy) is 1. The summed E-state index contributed by atoms with van der Waals surface area (Å²) in [7, 11) is -3.64. The van der Waals surface area contributed by atoms with Gasteiger partial charge >= 0.3 is 0 Å². The van der Waals surface area contributed by atoms with E-state index in [-0.39, 0.29) is 35.5 Å². The number of aryl methyl sites for hydroxylation is 1. The monoisotopic (exact) mass is 420 g/mol. The molecule has 1 heterocycles. The lowest BCUT2D eigenvalue weighted by Gasteiger charge is -2.30. The predicted molar refractivity (Wildman–Crippen MR) is 109 cm³/mol. The second-order valence-electron chi connectivity index (χ2n) is 7.01. The molecule has 3 rings (SSSR count). The standard InChI is InChI=1S/C21H25FN2O4S/c1-3-28-20-9-8-17(14-15(20)2)29(26,27)24-12-10-16(11-13-24)21(25)23-19-7-5-4-6-18(19)22/h4-9,14,16H,3,10-13H2,1-2H3,(H,23,25). The molecule has 29 heavy (non-hydrogen) atoms. The van der Waals surface area contributed by atoms with E-state index in [1.54, 1.807) is 30.3 Å². The van der Waals surface area contributed by atoms with Crippen LogP contribution in [0.4, 0.5) is 10.1 Å². The minimum atomic E-state index is -3.64. The first kappa shape index (κ1) is 21.3. The van der Waals surface area contributed by atoms with E-state index in [2.05, 4.69) is 5.32 Å². The number of anilines is 1. The molecule has 2 aromatic carbocycles. The Balaban J connectivity index is 1.64. The van der Waals surface area contributed by atoms with E-state index in [9.17, 15) is 17.6 Å². The second kappa shape index (κ2) is 8.92. The highest BCUT2D eigenvalue weighted by molar-refractivity contribution is 7.89. The number of nitrogens with zero attached hydrogens (tertiary/aromatic N) is 1. The fourth-order valence-electron chi connectivity index (χ4n) is 3.40. The van der Waals surface area contributed by atoms with E-state index < -0.39 is 15.8 Å². The Morgan fingerprint density at radius 3 is 2.52 bits per heavy atom. The molecular formula is C21H25FN2O4S. The average molecular weight is 421 g/mol. The molecule has 0 radical (unpaired) electrons. The summed E-state index contributed by atoms with van der Waals surface area (Å²) in [4.78, 5) is 12.6. The fraction of sp³-hybridized carbons (Fsp3) is 0.381. The first-order valence-electron chi connectivity index (χ1n) is 9.62. The molecule has 0 bridgehead atoms. The molecule has 0 atom stereocenters. The maximum atomic E-state index is 13.7. The first-order valence-corrected chi connectivity index (χ1v) is 11.1. The van der Waals surface area contributed by atoms with E-state index in [4.69, 9.17) is 4.74 Å². The summed E-state index contributed by atoms with van der Waals surface area (Å²) < 4.78 is 46.5. The highest BCUT2D eigenvalue weighted by Gasteiger charge is 2.32. The lowest BCUT2D eigenvalue weighted by Crippen LogP contribution is -2.41. The van der Waals surface area contributed by atoms with Crippen LogP contribution in [0.2, 0.25) is 0 Å². The molecule has 0 saturated carbocycles. The number of piperidine rings is 1. The van der Waals surface area contributed by atoms with Crippen LogP contribution in [0.3, 0.4) is 0 Å². The molecule has 1 aliphatic heterocycles. The number of sulfonamides is 1. The van der Waals surface area contributed by atoms with Crippen molar-refractivity contribution in [2.24, 2.45) is 5.92 Å². The van der Waals surface area contributed by atoms with E-state index in [0.717, 1.165) is 5.56 Å². The van der Waals surface area contributed by atoms with Crippen molar-refractivity contribution in [3.05, 3.63) is 53.8 Å². The van der Waals surface area contributed by atoms with Gasteiger partial charge in [0, 0.05) is 19.0 Å². The Morgan fingerprint density at radius 1 is 1.21 bits per heavy atom. The normalized spacial score (nSPS) is 15.8. The molecule has 0 spiro atoms. The molecule has 8 heteroatoms. The lowest BCUT2D eigenvalue weighted by atomic mass is 9.97. The van der Waals surface area contributed by atoms with Crippen LogP contribution in [0, 0.1) is 18.7 Å². The van der Waals surface area contributed by atoms with Gasteiger partial charge in [-0.05, 0) is 62.6 Å². The Kier molecular flexibility index (Phi) is 6.54. The maximum absolute atomic E-state index is 13.7. The number of para-hydroxylation sites is 1. The van der Waals surface area contributed by atoms with E-state index in [1.807, 2.05) is 13.8 Å². The Bertz CT molecular complexity index is 986. The van der Waals surface area contributed by atoms with Crippen LogP contribution >= 0.6 is 0 Å². The maximum Gasteiger partial charge on any atom is 0.243 e. The Morgan fingerprint density at radius 2 is 1.90 bits per heavy atom. The van der Waals surface area contributed by atoms with Gasteiger partial charge in [-0.15, -0.1) is 0 Å². The van der Waals surface area contributed by atoms with Crippen LogP contribution in [-0.2, 0) is 14.8 Å². The lowest BCUT2D eigenvalue weighted by molar-refractivity contribution is -0.120. The van der Waals surface area contributed by atoms with Crippen LogP contribution in [-0.4, -0.2) is 38.3 Å². The molecule has 156 valence electrons. The summed E-state index contributed by atoms with van der Waals surface area (Å²) >= 11 is 0. The van der Waals surface area contributed by atoms with Crippen LogP contribution in [0.25, 0.3) is 0 Å². The van der Waals surface area contributed by atoms with Crippen LogP contribution in [0.5, 0.6) is 5.75 Å². The quantitative estimate of drug-likeness (QED) is 0.775. The van der Waals surface area contributed by atoms with Crippen molar-refractivity contribution in [2.75, 3.05) is 25.0 Å². The summed E-state index contributed by atoms with van der Waals surface area (Å²) in [5, 5.41) is 2.60. The van der Waals surface area contributed by atoms with Crippen molar-refractivity contribution in [3.63, 3.8) is 0 Å². The first-order chi connectivity index (χ1) is 13.8. The highest BCUT2D eigenvalue weighted by atomic mass is 32.2. The minimum absolute atomic E-state index is 0.136. The molecule has 1 N–H and O–H groups in total. The van der Waals surface area contributed by atoms with Gasteiger partial charge in [-0.2, -0.15) is 4.31 Å². The molecule has 0 unspecified atom stereocenters. The molecule has 1 saturated heterocycles. The van der Waals surface area contributed by atoms with Gasteiger partial charge in [0.15, 0.2) is 0 Å². The van der Waals surface area contributed by atoms with Gasteiger partial charge in [-0.1, -0.05) is 12.1 Å². The van der Waals surface area contributed by atoms with Gasteiger partial charge in [0.2, 0.25) is 15.9 Å². The number of rotatable bonds is 6. The van der Waals surface area contributed by atoms with Crippen molar-refractivity contribution in [1.82, 2.24) is 4.31 Å². The molecule has 2 aromatic rings. The van der Waals surface area contributed by atoms with Gasteiger partial charge in [-0.25, -0.2) is 12.8 Å². The van der Waals surface area contributed by atoms with Crippen molar-refractivity contribution >= 4 is 21.6 Å². The summed E-state index contributed by atoms with van der Waals surface area (Å²) in [6.07, 6.45) is 0.769. The summed E-state index contributed by atoms with van der Waals surface area (Å²) in [5.41, 5.74) is 0.893. The van der Waals surface area contributed by atoms with Gasteiger partial charge < -0.3 is 10.1 Å². The van der Waals surface area contributed by atoms with Gasteiger partial charge in [-0.3, -0.25) is 4.79 Å². The molecule has 6 nitrogen and oxygen atoms in total. The summed E-state index contributed by atoms with van der Waals surface area (Å²) in [6, 6.07) is 10.8. The number of hydrogen-bond acceptors (Lipinski definition) is 4. The number of hydrogen-bond donors (Lipinski definition) is 1. The molecule has 1 aliphatic rings. The van der Waals surface area contributed by atoms with Crippen molar-refractivity contribution in [1.29, 1.82) is 0 Å². The number of benzene rings is 2. The third-order valence-corrected chi connectivity index (χ3v) is 6.94. The van der Waals surface area contributed by atoms with E-state index in [1.165, 1.54) is 16.4 Å². The zero-order valence-corrected chi connectivity index (χ0v) is 17.3. The largest absolute Gasteiger partial charge is 0.494 e. The zero-order valence-electron chi connectivity index (χ0n) is 16.5. The van der Waals surface area contributed by atoms with Gasteiger partial charge in [0.25, 0.3) is 0 Å². The SMILES string of the molecule is CCOc1ccc(S(=O)(=O)N2CCC(C(=O)Nc3ccccc3F)CC2)cc1C. The average Bonchev–Trinajstić information content (AvgIpc) is 2.71. The second-order valence-corrected chi connectivity index (χ2v) is 8.95. The number of nitrogens with one attached hydrogen (secondary N) is 1. The molecule has 0 aromatic heterocycles. The number of carbonyl (C=O) groups is 1. The Hall–Kier alpha value is -2.45. The van der Waals surface area contributed by atoms with Crippen molar-refractivity contribution in [2.45, 2.75) is 31.6 Å². The fourth-order valence-corrected chi connectivity index (χ4v) is 4.96. The summed E-state index contributed by atoms with van der Waals surface area (Å²) in [6.45, 7) is 4.67. The van der Waals surface area contributed by atoms with Crippen LogP contribution < -0.4 is 10.1 Å². The van der Waals surface area contributed by atoms with Crippen LogP contribution in [0.15, 0.2) is 47.4 Å². The predicted octanol–water partition coefficient (Wildman–Crippen LogP) is 3.57. The van der Waals surface area contributed by atoms with Gasteiger partial charge in [0.1, 0.15) is 11.6 Å². The highest BCUT2D eigenvalue weighted by Crippen LogP contribution is 2.28. The van der Waals surface area contributed by atoms with E-state index >= 15 is 0 Å². The smallest absolute Gasteiger partial charge is 0.243 e. The van der Waals surface area contributed by atoms with E-state index in [0.29, 0.717) is 25.2 Å². The van der Waals surface area contributed by atoms with Crippen molar-refractivity contribution < 1.29 is 22.3 Å². The number of carbonyl (C=O) groups excluding carboxylic acids is 1. The van der Waals surface area contributed by atoms with Crippen LogP contribution in [0.1, 0.15) is 25.3 Å². The molecule has 1 fully saturated rings. The summed E-state index contributed by atoms with van der Waals surface area (Å²) in [5.74, 6) is -0.478. The topological polar surface area (TPSA) is 75.7 Å². The number of amides is 1. The molecular weight excluding hydrogens is 395 g/mol. The van der Waals surface area contributed by atoms with Crippen molar-refractivity contribution in [3.8, 4) is 5.75 Å². The van der Waals surface area contributed by atoms with Gasteiger partial charge in [0.05, 0.1) is 17.2 Å². The number of halogens is 1. The third kappa shape index (κ3) is 4.76. The minimum Gasteiger partial charge on any atom is -0.494 e. The Labute approximate surface area is 170 Å². The third-order valence-electron chi connectivity index (χ3n) is 5.04. The zero-order chi connectivity index (χ0) is 21.0.